The highest BCUT2D eigenvalue weighted by molar-refractivity contribution is 6.24. The molecule has 138 valence electrons. The summed E-state index contributed by atoms with van der Waals surface area (Å²) in [7, 11) is 0. The van der Waals surface area contributed by atoms with Gasteiger partial charge in [-0.05, 0) is 43.2 Å². The fourth-order valence-electron chi connectivity index (χ4n) is 4.72. The number of hydrogen-bond donors (Lipinski definition) is 0. The summed E-state index contributed by atoms with van der Waals surface area (Å²) in [6, 6.07) is 13.0. The van der Waals surface area contributed by atoms with Crippen molar-refractivity contribution in [2.24, 2.45) is 5.92 Å². The van der Waals surface area contributed by atoms with Gasteiger partial charge in [-0.25, -0.2) is 19.3 Å². The molecule has 0 radical (unpaired) electrons. The maximum Gasteiger partial charge on any atom is 0.253 e. The summed E-state index contributed by atoms with van der Waals surface area (Å²) in [5.74, 6) is -1.10. The number of nitrogens with zero attached hydrogens (tertiary/aromatic N) is 3. The minimum Gasteiger partial charge on any atom is -0.274 e. The molecule has 0 N–H and O–H groups in total. The second-order valence-corrected chi connectivity index (χ2v) is 7.49. The van der Waals surface area contributed by atoms with Crippen molar-refractivity contribution in [1.29, 1.82) is 0 Å². The van der Waals surface area contributed by atoms with Crippen molar-refractivity contribution in [3.8, 4) is 0 Å². The molecule has 3 heterocycles. The topological polar surface area (TPSA) is 43.9 Å². The van der Waals surface area contributed by atoms with Gasteiger partial charge in [-0.1, -0.05) is 29.8 Å². The van der Waals surface area contributed by atoms with Crippen LogP contribution in [-0.2, 0) is 9.59 Å². The van der Waals surface area contributed by atoms with Crippen LogP contribution in [0.4, 0.5) is 10.1 Å². The van der Waals surface area contributed by atoms with E-state index >= 15 is 0 Å². The SMILES string of the molecule is Cc1ccc(N2C(=O)[C@H]3[C@@H](c4ccc(F)cc4)N4CCCN4[C@H]3C2=O)cc1. The largest absolute Gasteiger partial charge is 0.274 e. The molecular formula is C21H20FN3O2. The van der Waals surface area contributed by atoms with E-state index in [0.29, 0.717) is 5.69 Å². The van der Waals surface area contributed by atoms with Crippen LogP contribution >= 0.6 is 0 Å². The molecule has 0 aromatic heterocycles. The Morgan fingerprint density at radius 3 is 2.15 bits per heavy atom. The van der Waals surface area contributed by atoms with E-state index in [1.54, 1.807) is 12.1 Å². The zero-order valence-electron chi connectivity index (χ0n) is 15.0. The average Bonchev–Trinajstić information content (AvgIpc) is 3.30. The van der Waals surface area contributed by atoms with Crippen LogP contribution in [0.3, 0.4) is 0 Å². The van der Waals surface area contributed by atoms with Gasteiger partial charge in [-0.15, -0.1) is 0 Å². The smallest absolute Gasteiger partial charge is 0.253 e. The molecule has 3 aliphatic heterocycles. The van der Waals surface area contributed by atoms with Crippen molar-refractivity contribution in [3.63, 3.8) is 0 Å². The number of imide groups is 1. The molecule has 27 heavy (non-hydrogen) atoms. The fraction of sp³-hybridized carbons (Fsp3) is 0.333. The third-order valence-electron chi connectivity index (χ3n) is 5.91. The van der Waals surface area contributed by atoms with Crippen LogP contribution in [0, 0.1) is 18.7 Å². The van der Waals surface area contributed by atoms with Gasteiger partial charge in [0.05, 0.1) is 17.6 Å². The highest BCUT2D eigenvalue weighted by Crippen LogP contribution is 2.48. The predicted octanol–water partition coefficient (Wildman–Crippen LogP) is 2.67. The number of benzene rings is 2. The minimum absolute atomic E-state index is 0.162. The van der Waals surface area contributed by atoms with Gasteiger partial charge in [-0.2, -0.15) is 0 Å². The zero-order valence-corrected chi connectivity index (χ0v) is 15.0. The van der Waals surface area contributed by atoms with Crippen molar-refractivity contribution in [3.05, 3.63) is 65.5 Å². The van der Waals surface area contributed by atoms with Gasteiger partial charge in [0, 0.05) is 13.1 Å². The van der Waals surface area contributed by atoms with E-state index < -0.39 is 12.0 Å². The lowest BCUT2D eigenvalue weighted by molar-refractivity contribution is -0.126. The molecule has 3 atom stereocenters. The first-order valence-electron chi connectivity index (χ1n) is 9.29. The van der Waals surface area contributed by atoms with Crippen LogP contribution in [0.15, 0.2) is 48.5 Å². The minimum atomic E-state index is -0.476. The molecule has 0 spiro atoms. The second kappa shape index (κ2) is 5.97. The van der Waals surface area contributed by atoms with Crippen molar-refractivity contribution >= 4 is 17.5 Å². The van der Waals surface area contributed by atoms with E-state index in [9.17, 15) is 14.0 Å². The maximum atomic E-state index is 13.4. The molecular weight excluding hydrogens is 345 g/mol. The summed E-state index contributed by atoms with van der Waals surface area (Å²) in [6.45, 7) is 3.54. The number of hydrazine groups is 1. The maximum absolute atomic E-state index is 13.4. The average molecular weight is 365 g/mol. The lowest BCUT2D eigenvalue weighted by Crippen LogP contribution is -2.44. The molecule has 2 aromatic rings. The van der Waals surface area contributed by atoms with Crippen molar-refractivity contribution in [1.82, 2.24) is 10.0 Å². The fourth-order valence-corrected chi connectivity index (χ4v) is 4.72. The molecule has 2 aromatic carbocycles. The van der Waals surface area contributed by atoms with Crippen LogP contribution < -0.4 is 4.90 Å². The summed E-state index contributed by atoms with van der Waals surface area (Å²) in [5, 5.41) is 4.18. The van der Waals surface area contributed by atoms with Crippen LogP contribution in [0.5, 0.6) is 0 Å². The Morgan fingerprint density at radius 1 is 0.852 bits per heavy atom. The molecule has 0 bridgehead atoms. The van der Waals surface area contributed by atoms with E-state index in [2.05, 4.69) is 5.01 Å². The third kappa shape index (κ3) is 2.37. The number of aryl methyl sites for hydroxylation is 1. The van der Waals surface area contributed by atoms with Gasteiger partial charge < -0.3 is 0 Å². The van der Waals surface area contributed by atoms with Gasteiger partial charge in [0.1, 0.15) is 11.9 Å². The number of fused-ring (bicyclic) bond motifs is 3. The molecule has 0 aliphatic carbocycles. The Balaban J connectivity index is 1.57. The molecule has 5 rings (SSSR count). The summed E-state index contributed by atoms with van der Waals surface area (Å²) in [6.07, 6.45) is 0.951. The highest BCUT2D eigenvalue weighted by Gasteiger charge is 2.62. The summed E-state index contributed by atoms with van der Waals surface area (Å²) >= 11 is 0. The van der Waals surface area contributed by atoms with Crippen LogP contribution in [0.1, 0.15) is 23.6 Å². The first kappa shape index (κ1) is 16.6. The van der Waals surface area contributed by atoms with Gasteiger partial charge in [0.2, 0.25) is 5.91 Å². The molecule has 0 unspecified atom stereocenters. The van der Waals surface area contributed by atoms with Crippen molar-refractivity contribution < 1.29 is 14.0 Å². The Bertz CT molecular complexity index is 912. The predicted molar refractivity (Wildman–Crippen MR) is 98.1 cm³/mol. The highest BCUT2D eigenvalue weighted by atomic mass is 19.1. The number of halogens is 1. The molecule has 3 fully saturated rings. The monoisotopic (exact) mass is 365 g/mol. The van der Waals surface area contributed by atoms with Gasteiger partial charge >= 0.3 is 0 Å². The Morgan fingerprint density at radius 2 is 1.48 bits per heavy atom. The van der Waals surface area contributed by atoms with Crippen molar-refractivity contribution in [2.75, 3.05) is 18.0 Å². The van der Waals surface area contributed by atoms with E-state index in [1.807, 2.05) is 36.2 Å². The molecule has 2 amide bonds. The number of carbonyl (C=O) groups is 2. The molecule has 3 saturated heterocycles. The first-order chi connectivity index (χ1) is 13.1. The number of anilines is 1. The number of carbonyl (C=O) groups excluding carboxylic acids is 2. The molecule has 3 aliphatic rings. The van der Waals surface area contributed by atoms with Crippen LogP contribution in [0.25, 0.3) is 0 Å². The van der Waals surface area contributed by atoms with E-state index in [-0.39, 0.29) is 23.7 Å². The van der Waals surface area contributed by atoms with Gasteiger partial charge in [0.25, 0.3) is 5.91 Å². The number of hydrogen-bond acceptors (Lipinski definition) is 4. The third-order valence-corrected chi connectivity index (χ3v) is 5.91. The number of amides is 2. The van der Waals surface area contributed by atoms with E-state index in [1.165, 1.54) is 17.0 Å². The molecule has 6 heteroatoms. The molecule has 5 nitrogen and oxygen atoms in total. The summed E-state index contributed by atoms with van der Waals surface area (Å²) in [5.41, 5.74) is 2.57. The van der Waals surface area contributed by atoms with Gasteiger partial charge in [-0.3, -0.25) is 9.59 Å². The lowest BCUT2D eigenvalue weighted by atomic mass is 9.90. The Kier molecular flexibility index (Phi) is 3.67. The Hall–Kier alpha value is -2.57. The summed E-state index contributed by atoms with van der Waals surface area (Å²) < 4.78 is 13.4. The standard InChI is InChI=1S/C21H20FN3O2/c1-13-3-9-16(10-4-13)25-20(26)17-18(14-5-7-15(22)8-6-14)23-11-2-12-24(23)19(17)21(25)27/h3-10,17-19H,2,11-12H2,1H3/t17-,18+,19+/m0/s1. The molecule has 0 saturated carbocycles. The van der Waals surface area contributed by atoms with Crippen LogP contribution in [0.2, 0.25) is 0 Å². The van der Waals surface area contributed by atoms with E-state index in [4.69, 9.17) is 0 Å². The lowest BCUT2D eigenvalue weighted by Gasteiger charge is -2.29. The summed E-state index contributed by atoms with van der Waals surface area (Å²) in [4.78, 5) is 27.9. The number of rotatable bonds is 2. The zero-order chi connectivity index (χ0) is 18.7. The first-order valence-corrected chi connectivity index (χ1v) is 9.29. The second-order valence-electron chi connectivity index (χ2n) is 7.49. The Labute approximate surface area is 156 Å². The van der Waals surface area contributed by atoms with Gasteiger partial charge in [0.15, 0.2) is 0 Å². The van der Waals surface area contributed by atoms with Crippen LogP contribution in [-0.4, -0.2) is 41.0 Å². The van der Waals surface area contributed by atoms with Crippen molar-refractivity contribution in [2.45, 2.75) is 25.4 Å². The quantitative estimate of drug-likeness (QED) is 0.768. The normalized spacial score (nSPS) is 28.1. The van der Waals surface area contributed by atoms with E-state index in [0.717, 1.165) is 30.6 Å².